The lowest BCUT2D eigenvalue weighted by molar-refractivity contribution is -0.141. The molecule has 9 rings (SSSR count). The molecule has 0 radical (unpaired) electrons. The molecule has 4 aliphatic rings. The predicted octanol–water partition coefficient (Wildman–Crippen LogP) is 5.31. The van der Waals surface area contributed by atoms with Crippen LogP contribution in [0.1, 0.15) is 69.5 Å². The molecule has 3 fully saturated rings. The van der Waals surface area contributed by atoms with E-state index in [4.69, 9.17) is 9.26 Å². The Bertz CT molecular complexity index is 2440. The third kappa shape index (κ3) is 8.90. The number of carbonyl (C=O) groups is 2. The molecule has 338 valence electrons. The van der Waals surface area contributed by atoms with Crippen LogP contribution >= 0.6 is 11.3 Å². The van der Waals surface area contributed by atoms with E-state index in [1.54, 1.807) is 29.5 Å². The van der Waals surface area contributed by atoms with Crippen molar-refractivity contribution in [3.8, 4) is 33.3 Å². The van der Waals surface area contributed by atoms with E-state index in [-0.39, 0.29) is 48.5 Å². The van der Waals surface area contributed by atoms with Gasteiger partial charge in [-0.05, 0) is 74.1 Å². The largest absolute Gasteiger partial charge is 0.507 e. The third-order valence-corrected chi connectivity index (χ3v) is 14.4. The summed E-state index contributed by atoms with van der Waals surface area (Å²) >= 11 is 1.59. The standard InChI is InChI=1S/C47H58N10O6S/c1-27(2)43(47(61)57-25-35(58)18-39(57)46(60)50-29(4)31-10-12-32(13-11-31)44-30(5)49-26-64-44)41-20-42(53-63-41)62-17-16-54-15-14-33(23-54)55-24-34-21-48-45-38(56(34)22-28(55)3)19-37(51-52-45)36-8-6-7-9-40(36)59/h6-13,19-20,26-29,33-35,39,43,58-59H,14-18,21-25H2,1-5H3,(H,48,52)(H,50,60)/t28-,29?,33?,34-,35+,39-,43?/m0/s1. The molecular weight excluding hydrogens is 833 g/mol. The van der Waals surface area contributed by atoms with E-state index in [0.29, 0.717) is 41.6 Å². The lowest BCUT2D eigenvalue weighted by Crippen LogP contribution is -2.63. The number of rotatable bonds is 13. The quantitative estimate of drug-likeness (QED) is 0.119. The lowest BCUT2D eigenvalue weighted by atomic mass is 9.91. The number of nitrogens with zero attached hydrogens (tertiary/aromatic N) is 8. The lowest BCUT2D eigenvalue weighted by Gasteiger charge is -2.50. The summed E-state index contributed by atoms with van der Waals surface area (Å²) in [7, 11) is 0. The van der Waals surface area contributed by atoms with E-state index in [1.165, 1.54) is 4.90 Å². The number of ether oxygens (including phenoxy) is 1. The van der Waals surface area contributed by atoms with Gasteiger partial charge in [0.05, 0.1) is 45.7 Å². The number of para-hydroxylation sites is 1. The zero-order valence-corrected chi connectivity index (χ0v) is 37.9. The molecule has 3 saturated heterocycles. The van der Waals surface area contributed by atoms with E-state index >= 15 is 0 Å². The number of aliphatic hydroxyl groups excluding tert-OH is 1. The Morgan fingerprint density at radius 1 is 1.03 bits per heavy atom. The van der Waals surface area contributed by atoms with Gasteiger partial charge in [0.2, 0.25) is 11.8 Å². The highest BCUT2D eigenvalue weighted by Crippen LogP contribution is 2.38. The number of benzene rings is 2. The smallest absolute Gasteiger partial charge is 0.254 e. The maximum Gasteiger partial charge on any atom is 0.254 e. The van der Waals surface area contributed by atoms with E-state index in [0.717, 1.165) is 78.9 Å². The second-order valence-corrected chi connectivity index (χ2v) is 19.0. The van der Waals surface area contributed by atoms with Crippen LogP contribution in [0, 0.1) is 12.8 Å². The molecule has 17 heteroatoms. The van der Waals surface area contributed by atoms with Gasteiger partial charge >= 0.3 is 0 Å². The number of piperazine rings is 1. The highest BCUT2D eigenvalue weighted by molar-refractivity contribution is 7.13. The minimum absolute atomic E-state index is 0.0582. The van der Waals surface area contributed by atoms with Crippen molar-refractivity contribution in [1.29, 1.82) is 0 Å². The summed E-state index contributed by atoms with van der Waals surface area (Å²) in [4.78, 5) is 42.5. The number of carbonyl (C=O) groups excluding carboxylic acids is 2. The van der Waals surface area contributed by atoms with E-state index in [1.807, 2.05) is 75.7 Å². The Morgan fingerprint density at radius 3 is 2.61 bits per heavy atom. The van der Waals surface area contributed by atoms with Crippen molar-refractivity contribution >= 4 is 34.7 Å². The SMILES string of the molecule is Cc1ncsc1-c1ccc(C(C)NC(=O)[C@@H]2C[C@@H](O)CN2C(=O)C(c2cc(OCCN3CCC(N4C[C@@H]5CNc6nnc(-c7ccccc7O)cc6N5C[C@@H]4C)C3)no2)C(C)C)cc1. The zero-order chi connectivity index (χ0) is 44.6. The first-order valence-electron chi connectivity index (χ1n) is 22.4. The molecule has 64 heavy (non-hydrogen) atoms. The second-order valence-electron chi connectivity index (χ2n) is 18.1. The molecular formula is C47H58N10O6S. The minimum atomic E-state index is -0.824. The number of amides is 2. The fraction of sp³-hybridized carbons (Fsp3) is 0.489. The topological polar surface area (TPSA) is 186 Å². The van der Waals surface area contributed by atoms with Crippen LogP contribution < -0.4 is 20.3 Å². The Labute approximate surface area is 377 Å². The predicted molar refractivity (Wildman–Crippen MR) is 244 cm³/mol. The molecule has 7 atom stereocenters. The number of aryl methyl sites for hydroxylation is 1. The van der Waals surface area contributed by atoms with E-state index in [2.05, 4.69) is 52.6 Å². The number of nitrogens with one attached hydrogen (secondary N) is 2. The molecule has 0 spiro atoms. The number of thiazole rings is 1. The maximum atomic E-state index is 14.2. The fourth-order valence-corrected chi connectivity index (χ4v) is 10.8. The number of β-amino-alcohol motifs (C(OH)–C–C–N with tert-alkyl or cyclic N) is 1. The zero-order valence-electron chi connectivity index (χ0n) is 37.1. The summed E-state index contributed by atoms with van der Waals surface area (Å²) in [6.07, 6.45) is 0.403. The third-order valence-electron chi connectivity index (χ3n) is 13.4. The van der Waals surface area contributed by atoms with Gasteiger partial charge in [-0.25, -0.2) is 4.98 Å². The average molecular weight is 891 g/mol. The molecule has 0 bridgehead atoms. The number of fused-ring (bicyclic) bond motifs is 3. The minimum Gasteiger partial charge on any atom is -0.507 e. The number of aromatic hydroxyl groups is 1. The van der Waals surface area contributed by atoms with Crippen LogP contribution in [0.25, 0.3) is 21.7 Å². The molecule has 2 aromatic carbocycles. The van der Waals surface area contributed by atoms with Crippen LogP contribution in [-0.2, 0) is 9.59 Å². The van der Waals surface area contributed by atoms with Gasteiger partial charge in [-0.15, -0.1) is 21.5 Å². The molecule has 16 nitrogen and oxygen atoms in total. The molecule has 4 aliphatic heterocycles. The summed E-state index contributed by atoms with van der Waals surface area (Å²) < 4.78 is 11.9. The molecule has 0 saturated carbocycles. The normalized spacial score (nSPS) is 23.4. The molecule has 4 N–H and O–H groups in total. The molecule has 2 amide bonds. The molecule has 0 aliphatic carbocycles. The van der Waals surface area contributed by atoms with Gasteiger partial charge in [-0.3, -0.25) is 19.4 Å². The number of anilines is 2. The van der Waals surface area contributed by atoms with Crippen LogP contribution in [0.15, 0.2) is 70.7 Å². The molecule has 3 unspecified atom stereocenters. The van der Waals surface area contributed by atoms with Crippen molar-refractivity contribution in [3.63, 3.8) is 0 Å². The molecule has 5 aromatic rings. The van der Waals surface area contributed by atoms with Crippen LogP contribution in [0.5, 0.6) is 11.6 Å². The second kappa shape index (κ2) is 18.5. The van der Waals surface area contributed by atoms with E-state index < -0.39 is 18.1 Å². The highest BCUT2D eigenvalue weighted by atomic mass is 32.1. The summed E-state index contributed by atoms with van der Waals surface area (Å²) in [5.41, 5.74) is 7.17. The van der Waals surface area contributed by atoms with Gasteiger partial charge in [0.25, 0.3) is 5.88 Å². The Balaban J connectivity index is 0.768. The van der Waals surface area contributed by atoms with Gasteiger partial charge < -0.3 is 39.9 Å². The van der Waals surface area contributed by atoms with Crippen LogP contribution in [-0.4, -0.2) is 140 Å². The number of aliphatic hydroxyl groups is 1. The number of phenolic OH excluding ortho intramolecular Hbond substituents is 1. The van der Waals surface area contributed by atoms with Crippen molar-refractivity contribution in [3.05, 3.63) is 83.2 Å². The first-order chi connectivity index (χ1) is 30.9. The van der Waals surface area contributed by atoms with Crippen LogP contribution in [0.3, 0.4) is 0 Å². The number of hydrogen-bond acceptors (Lipinski definition) is 15. The van der Waals surface area contributed by atoms with Crippen molar-refractivity contribution in [2.75, 3.05) is 62.6 Å². The average Bonchev–Trinajstić information content (AvgIpc) is 4.12. The first kappa shape index (κ1) is 43.6. The monoisotopic (exact) mass is 890 g/mol. The summed E-state index contributed by atoms with van der Waals surface area (Å²) in [5.74, 6) is 0.169. The first-order valence-corrected chi connectivity index (χ1v) is 23.3. The van der Waals surface area contributed by atoms with Crippen LogP contribution in [0.2, 0.25) is 0 Å². The maximum absolute atomic E-state index is 14.2. The molecule has 3 aromatic heterocycles. The van der Waals surface area contributed by atoms with Crippen molar-refractivity contribution < 1.29 is 29.1 Å². The van der Waals surface area contributed by atoms with Gasteiger partial charge in [0, 0.05) is 69.4 Å². The Hall–Kier alpha value is -5.62. The van der Waals surface area contributed by atoms with Gasteiger partial charge in [-0.1, -0.05) is 50.2 Å². The summed E-state index contributed by atoms with van der Waals surface area (Å²) in [5, 5.41) is 40.8. The number of likely N-dealkylation sites (tertiary alicyclic amines) is 2. The van der Waals surface area contributed by atoms with Crippen molar-refractivity contribution in [1.82, 2.24) is 40.4 Å². The van der Waals surface area contributed by atoms with Gasteiger partial charge in [0.15, 0.2) is 11.6 Å². The Kier molecular flexibility index (Phi) is 12.6. The number of hydrogen-bond donors (Lipinski definition) is 4. The fourth-order valence-electron chi connectivity index (χ4n) is 9.97. The summed E-state index contributed by atoms with van der Waals surface area (Å²) in [6, 6.07) is 18.9. The summed E-state index contributed by atoms with van der Waals surface area (Å²) in [6.45, 7) is 15.8. The van der Waals surface area contributed by atoms with Gasteiger partial charge in [-0.2, -0.15) is 0 Å². The van der Waals surface area contributed by atoms with Gasteiger partial charge in [0.1, 0.15) is 24.3 Å². The Morgan fingerprint density at radius 2 is 1.84 bits per heavy atom. The van der Waals surface area contributed by atoms with Crippen molar-refractivity contribution in [2.45, 2.75) is 89.7 Å². The van der Waals surface area contributed by atoms with Crippen molar-refractivity contribution in [2.24, 2.45) is 5.92 Å². The number of phenols is 1. The number of aromatic nitrogens is 4. The highest BCUT2D eigenvalue weighted by Gasteiger charge is 2.44. The van der Waals surface area contributed by atoms with E-state index in [9.17, 15) is 19.8 Å². The molecule has 7 heterocycles. The van der Waals surface area contributed by atoms with Crippen LogP contribution in [0.4, 0.5) is 11.5 Å².